The van der Waals surface area contributed by atoms with Gasteiger partial charge in [0.2, 0.25) is 0 Å². The molecule has 0 amide bonds. The maximum Gasteiger partial charge on any atom is 0.0462 e. The van der Waals surface area contributed by atoms with E-state index in [1.165, 1.54) is 4.90 Å². The lowest BCUT2D eigenvalue weighted by Gasteiger charge is -2.06. The molecular formula is C13H11BrClNS. The third-order valence-electron chi connectivity index (χ3n) is 2.31. The Bertz CT molecular complexity index is 531. The van der Waals surface area contributed by atoms with Crippen molar-refractivity contribution in [2.45, 2.75) is 16.3 Å². The molecule has 0 spiro atoms. The molecule has 0 atom stereocenters. The molecule has 0 saturated heterocycles. The third kappa shape index (κ3) is 3.26. The van der Waals surface area contributed by atoms with Crippen LogP contribution in [0, 0.1) is 0 Å². The first-order valence-electron chi connectivity index (χ1n) is 5.11. The molecule has 0 fully saturated rings. The van der Waals surface area contributed by atoms with Crippen LogP contribution in [0.25, 0.3) is 0 Å². The van der Waals surface area contributed by atoms with Crippen molar-refractivity contribution in [1.82, 2.24) is 0 Å². The second-order valence-electron chi connectivity index (χ2n) is 3.49. The Kier molecular flexibility index (Phi) is 4.51. The minimum Gasteiger partial charge on any atom is -0.326 e. The SMILES string of the molecule is NCc1ccc(Sc2ccccc2Br)cc1Cl. The molecule has 2 N–H and O–H groups in total. The second-order valence-corrected chi connectivity index (χ2v) is 5.87. The van der Waals surface area contributed by atoms with Crippen molar-refractivity contribution in [2.75, 3.05) is 0 Å². The summed E-state index contributed by atoms with van der Waals surface area (Å²) >= 11 is 11.3. The molecule has 1 nitrogen and oxygen atoms in total. The first-order valence-corrected chi connectivity index (χ1v) is 7.10. The average molecular weight is 329 g/mol. The van der Waals surface area contributed by atoms with Gasteiger partial charge in [0.25, 0.3) is 0 Å². The van der Waals surface area contributed by atoms with Crippen molar-refractivity contribution in [3.63, 3.8) is 0 Å². The van der Waals surface area contributed by atoms with E-state index in [0.29, 0.717) is 6.54 Å². The van der Waals surface area contributed by atoms with Crippen molar-refractivity contribution in [1.29, 1.82) is 0 Å². The maximum atomic E-state index is 6.13. The molecule has 2 rings (SSSR count). The third-order valence-corrected chi connectivity index (χ3v) is 4.68. The molecule has 0 saturated carbocycles. The molecule has 0 aliphatic carbocycles. The molecule has 0 unspecified atom stereocenters. The summed E-state index contributed by atoms with van der Waals surface area (Å²) in [6.45, 7) is 0.471. The van der Waals surface area contributed by atoms with E-state index in [9.17, 15) is 0 Å². The zero-order valence-corrected chi connectivity index (χ0v) is 12.1. The Morgan fingerprint density at radius 1 is 1.18 bits per heavy atom. The molecular weight excluding hydrogens is 318 g/mol. The van der Waals surface area contributed by atoms with Crippen LogP contribution < -0.4 is 5.73 Å². The quantitative estimate of drug-likeness (QED) is 0.883. The second kappa shape index (κ2) is 5.91. The number of halogens is 2. The molecule has 2 aromatic rings. The average Bonchev–Trinajstić information content (AvgIpc) is 2.32. The van der Waals surface area contributed by atoms with Gasteiger partial charge in [0, 0.05) is 25.8 Å². The molecule has 0 aromatic heterocycles. The summed E-state index contributed by atoms with van der Waals surface area (Å²) in [6, 6.07) is 14.1. The summed E-state index contributed by atoms with van der Waals surface area (Å²) in [5, 5.41) is 0.726. The van der Waals surface area contributed by atoms with Gasteiger partial charge >= 0.3 is 0 Å². The molecule has 4 heteroatoms. The van der Waals surface area contributed by atoms with Gasteiger partial charge in [-0.1, -0.05) is 41.6 Å². The van der Waals surface area contributed by atoms with Gasteiger partial charge in [-0.3, -0.25) is 0 Å². The Balaban J connectivity index is 2.25. The largest absolute Gasteiger partial charge is 0.326 e. The van der Waals surface area contributed by atoms with E-state index < -0.39 is 0 Å². The van der Waals surface area contributed by atoms with E-state index in [4.69, 9.17) is 17.3 Å². The Hall–Kier alpha value is -0.480. The number of hydrogen-bond acceptors (Lipinski definition) is 2. The van der Waals surface area contributed by atoms with E-state index >= 15 is 0 Å². The van der Waals surface area contributed by atoms with Gasteiger partial charge in [-0.05, 0) is 45.8 Å². The highest BCUT2D eigenvalue weighted by Gasteiger charge is 2.04. The van der Waals surface area contributed by atoms with Crippen molar-refractivity contribution in [2.24, 2.45) is 5.73 Å². The van der Waals surface area contributed by atoms with Crippen LogP contribution in [0.1, 0.15) is 5.56 Å². The van der Waals surface area contributed by atoms with Gasteiger partial charge in [0.05, 0.1) is 0 Å². The first kappa shape index (κ1) is 13.0. The number of nitrogens with two attached hydrogens (primary N) is 1. The summed E-state index contributed by atoms with van der Waals surface area (Å²) in [5.41, 5.74) is 6.55. The lowest BCUT2D eigenvalue weighted by Crippen LogP contribution is -1.96. The van der Waals surface area contributed by atoms with Crippen LogP contribution in [0.2, 0.25) is 5.02 Å². The van der Waals surface area contributed by atoms with Crippen LogP contribution in [-0.4, -0.2) is 0 Å². The zero-order valence-electron chi connectivity index (χ0n) is 8.99. The highest BCUT2D eigenvalue weighted by Crippen LogP contribution is 2.34. The zero-order chi connectivity index (χ0) is 12.3. The monoisotopic (exact) mass is 327 g/mol. The fourth-order valence-corrected chi connectivity index (χ4v) is 3.14. The summed E-state index contributed by atoms with van der Waals surface area (Å²) in [4.78, 5) is 2.28. The van der Waals surface area contributed by atoms with Gasteiger partial charge < -0.3 is 5.73 Å². The van der Waals surface area contributed by atoms with E-state index in [0.717, 1.165) is 20.0 Å². The Labute approximate surface area is 118 Å². The molecule has 0 aliphatic heterocycles. The first-order chi connectivity index (χ1) is 8.20. The molecule has 0 heterocycles. The van der Waals surface area contributed by atoms with Gasteiger partial charge in [0.15, 0.2) is 0 Å². The maximum absolute atomic E-state index is 6.13. The highest BCUT2D eigenvalue weighted by atomic mass is 79.9. The molecule has 0 radical (unpaired) electrons. The van der Waals surface area contributed by atoms with Crippen molar-refractivity contribution in [3.05, 3.63) is 57.5 Å². The number of benzene rings is 2. The predicted octanol–water partition coefficient (Wildman–Crippen LogP) is 4.71. The van der Waals surface area contributed by atoms with Crippen molar-refractivity contribution < 1.29 is 0 Å². The summed E-state index contributed by atoms with van der Waals surface area (Å²) < 4.78 is 1.09. The van der Waals surface area contributed by atoms with Crippen LogP contribution >= 0.6 is 39.3 Å². The Morgan fingerprint density at radius 3 is 2.59 bits per heavy atom. The van der Waals surface area contributed by atoms with Gasteiger partial charge in [-0.15, -0.1) is 0 Å². The van der Waals surface area contributed by atoms with Gasteiger partial charge in [0.1, 0.15) is 0 Å². The highest BCUT2D eigenvalue weighted by molar-refractivity contribution is 9.10. The fourth-order valence-electron chi connectivity index (χ4n) is 1.41. The van der Waals surface area contributed by atoms with Gasteiger partial charge in [-0.25, -0.2) is 0 Å². The fraction of sp³-hybridized carbons (Fsp3) is 0.0769. The molecule has 88 valence electrons. The summed E-state index contributed by atoms with van der Waals surface area (Å²) in [7, 11) is 0. The minimum atomic E-state index is 0.471. The van der Waals surface area contributed by atoms with Crippen molar-refractivity contribution >= 4 is 39.3 Å². The smallest absolute Gasteiger partial charge is 0.0462 e. The number of hydrogen-bond donors (Lipinski definition) is 1. The van der Waals surface area contributed by atoms with Gasteiger partial charge in [-0.2, -0.15) is 0 Å². The summed E-state index contributed by atoms with van der Waals surface area (Å²) in [5.74, 6) is 0. The minimum absolute atomic E-state index is 0.471. The van der Waals surface area contributed by atoms with Crippen LogP contribution in [0.15, 0.2) is 56.7 Å². The van der Waals surface area contributed by atoms with E-state index in [1.54, 1.807) is 11.8 Å². The van der Waals surface area contributed by atoms with Crippen LogP contribution in [0.5, 0.6) is 0 Å². The summed E-state index contributed by atoms with van der Waals surface area (Å²) in [6.07, 6.45) is 0. The van der Waals surface area contributed by atoms with E-state index in [-0.39, 0.29) is 0 Å². The van der Waals surface area contributed by atoms with E-state index in [1.807, 2.05) is 36.4 Å². The van der Waals surface area contributed by atoms with Crippen molar-refractivity contribution in [3.8, 4) is 0 Å². The molecule has 0 aliphatic rings. The van der Waals surface area contributed by atoms with Crippen LogP contribution in [0.4, 0.5) is 0 Å². The Morgan fingerprint density at radius 2 is 1.94 bits per heavy atom. The number of rotatable bonds is 3. The lowest BCUT2D eigenvalue weighted by atomic mass is 10.2. The van der Waals surface area contributed by atoms with Crippen LogP contribution in [0.3, 0.4) is 0 Å². The standard InChI is InChI=1S/C13H11BrClNS/c14-11-3-1-2-4-13(11)17-10-6-5-9(8-16)12(15)7-10/h1-7H,8,16H2. The molecule has 17 heavy (non-hydrogen) atoms. The molecule has 0 bridgehead atoms. The molecule has 2 aromatic carbocycles. The van der Waals surface area contributed by atoms with E-state index in [2.05, 4.69) is 22.0 Å². The predicted molar refractivity (Wildman–Crippen MR) is 77.6 cm³/mol. The normalized spacial score (nSPS) is 10.5. The topological polar surface area (TPSA) is 26.0 Å². The lowest BCUT2D eigenvalue weighted by molar-refractivity contribution is 1.07. The van der Waals surface area contributed by atoms with Crippen LogP contribution in [-0.2, 0) is 6.54 Å².